The van der Waals surface area contributed by atoms with Gasteiger partial charge in [-0.25, -0.2) is 4.79 Å². The minimum absolute atomic E-state index is 0.0765. The average molecular weight is 687 g/mol. The number of halogens is 2. The first kappa shape index (κ1) is 31.6. The van der Waals surface area contributed by atoms with E-state index in [1.807, 2.05) is 24.3 Å². The predicted molar refractivity (Wildman–Crippen MR) is 177 cm³/mol. The second-order valence-corrected chi connectivity index (χ2v) is 12.1. The number of allylic oxidation sites excluding steroid dienone is 1. The van der Waals surface area contributed by atoms with Crippen LogP contribution in [0.1, 0.15) is 81.8 Å². The number of benzene rings is 2. The van der Waals surface area contributed by atoms with Gasteiger partial charge in [0.2, 0.25) is 0 Å². The Morgan fingerprint density at radius 3 is 2.34 bits per heavy atom. The molecule has 5 nitrogen and oxygen atoms in total. The van der Waals surface area contributed by atoms with Crippen LogP contribution in [-0.4, -0.2) is 49.7 Å². The number of rotatable bonds is 13. The van der Waals surface area contributed by atoms with E-state index in [4.69, 9.17) is 9.47 Å². The van der Waals surface area contributed by atoms with Gasteiger partial charge in [-0.05, 0) is 79.1 Å². The zero-order valence-electron chi connectivity index (χ0n) is 24.9. The van der Waals surface area contributed by atoms with Gasteiger partial charge in [-0.1, -0.05) is 74.2 Å². The van der Waals surface area contributed by atoms with E-state index in [1.54, 1.807) is 0 Å². The molecule has 41 heavy (non-hydrogen) atoms. The van der Waals surface area contributed by atoms with Crippen molar-refractivity contribution >= 4 is 49.1 Å². The molecule has 0 radical (unpaired) electrons. The minimum atomic E-state index is -0.289. The molecule has 0 bridgehead atoms. The standard InChI is InChI=1S/C34H42Br2N2O3/c1-6-11-12-15-18-40-34(39)24-17-14-13-16-23(24)33-25-19-27(35)29(37(7-2)8-3)21-31(25)41-32-22-30(38(9-4)10-5)28(36)20-26(32)33/h13-14,16-17,19-22,29H,6-12,15,18H2,1-5H3. The van der Waals surface area contributed by atoms with Crippen LogP contribution < -0.4 is 9.64 Å². The Morgan fingerprint density at radius 2 is 1.66 bits per heavy atom. The molecule has 0 fully saturated rings. The molecule has 4 rings (SSSR count). The van der Waals surface area contributed by atoms with E-state index in [1.165, 1.54) is 0 Å². The molecule has 1 atom stereocenters. The molecule has 0 aromatic heterocycles. The van der Waals surface area contributed by atoms with Gasteiger partial charge >= 0.3 is 5.97 Å². The van der Waals surface area contributed by atoms with Gasteiger partial charge in [0.1, 0.15) is 11.5 Å². The third kappa shape index (κ3) is 6.84. The second kappa shape index (κ2) is 14.7. The normalized spacial score (nSPS) is 16.0. The lowest BCUT2D eigenvalue weighted by Crippen LogP contribution is -2.36. The highest BCUT2D eigenvalue weighted by molar-refractivity contribution is 9.11. The van der Waals surface area contributed by atoms with Crippen molar-refractivity contribution in [1.82, 2.24) is 4.90 Å². The highest BCUT2D eigenvalue weighted by Crippen LogP contribution is 2.48. The number of esters is 1. The zero-order chi connectivity index (χ0) is 29.5. The lowest BCUT2D eigenvalue weighted by Gasteiger charge is -2.34. The maximum Gasteiger partial charge on any atom is 0.338 e. The minimum Gasteiger partial charge on any atom is -0.462 e. The molecular weight excluding hydrogens is 644 g/mol. The maximum atomic E-state index is 13.4. The van der Waals surface area contributed by atoms with Crippen LogP contribution in [0.2, 0.25) is 0 Å². The van der Waals surface area contributed by atoms with Crippen molar-refractivity contribution in [3.63, 3.8) is 0 Å². The van der Waals surface area contributed by atoms with Crippen LogP contribution >= 0.6 is 31.9 Å². The number of fused-ring (bicyclic) bond motifs is 2. The van der Waals surface area contributed by atoms with Crippen molar-refractivity contribution in [3.05, 3.63) is 85.5 Å². The van der Waals surface area contributed by atoms with Gasteiger partial charge in [-0.15, -0.1) is 0 Å². The number of carbonyl (C=O) groups is 1. The highest BCUT2D eigenvalue weighted by atomic mass is 79.9. The highest BCUT2D eigenvalue weighted by Gasteiger charge is 2.33. The monoisotopic (exact) mass is 684 g/mol. The summed E-state index contributed by atoms with van der Waals surface area (Å²) in [7, 11) is 0. The van der Waals surface area contributed by atoms with Crippen molar-refractivity contribution in [1.29, 1.82) is 0 Å². The summed E-state index contributed by atoms with van der Waals surface area (Å²) in [5.41, 5.74) is 5.37. The number of hydrogen-bond acceptors (Lipinski definition) is 5. The van der Waals surface area contributed by atoms with Gasteiger partial charge in [0, 0.05) is 44.8 Å². The van der Waals surface area contributed by atoms with Gasteiger partial charge in [0.05, 0.1) is 23.9 Å². The summed E-state index contributed by atoms with van der Waals surface area (Å²) in [4.78, 5) is 18.1. The first-order valence-corrected chi connectivity index (χ1v) is 16.6. The van der Waals surface area contributed by atoms with E-state index in [2.05, 4.69) is 101 Å². The van der Waals surface area contributed by atoms with Crippen LogP contribution in [0.4, 0.5) is 5.69 Å². The Morgan fingerprint density at radius 1 is 0.927 bits per heavy atom. The van der Waals surface area contributed by atoms with E-state index in [-0.39, 0.29) is 12.0 Å². The van der Waals surface area contributed by atoms with Crippen LogP contribution in [0.3, 0.4) is 0 Å². The third-order valence-electron chi connectivity index (χ3n) is 7.90. The summed E-state index contributed by atoms with van der Waals surface area (Å²) in [5.74, 6) is 1.30. The predicted octanol–water partition coefficient (Wildman–Crippen LogP) is 9.11. The second-order valence-electron chi connectivity index (χ2n) is 10.3. The van der Waals surface area contributed by atoms with Crippen molar-refractivity contribution in [2.24, 2.45) is 0 Å². The lowest BCUT2D eigenvalue weighted by atomic mass is 9.85. The van der Waals surface area contributed by atoms with Gasteiger partial charge in [0.15, 0.2) is 0 Å². The number of carbonyl (C=O) groups excluding carboxylic acids is 1. The quantitative estimate of drug-likeness (QED) is 0.155. The molecule has 2 aromatic rings. The molecule has 2 aromatic carbocycles. The van der Waals surface area contributed by atoms with Crippen molar-refractivity contribution < 1.29 is 14.3 Å². The van der Waals surface area contributed by atoms with Gasteiger partial charge in [-0.2, -0.15) is 0 Å². The fourth-order valence-electron chi connectivity index (χ4n) is 5.62. The van der Waals surface area contributed by atoms with Crippen LogP contribution in [-0.2, 0) is 4.74 Å². The zero-order valence-corrected chi connectivity index (χ0v) is 28.1. The Kier molecular flexibility index (Phi) is 11.3. The van der Waals surface area contributed by atoms with Crippen LogP contribution in [0.25, 0.3) is 5.57 Å². The number of unbranched alkanes of at least 4 members (excludes halogenated alkanes) is 3. The largest absolute Gasteiger partial charge is 0.462 e. The Hall–Kier alpha value is -2.35. The van der Waals surface area contributed by atoms with Crippen LogP contribution in [0.15, 0.2) is 68.8 Å². The van der Waals surface area contributed by atoms with Gasteiger partial charge < -0.3 is 14.4 Å². The molecule has 1 aliphatic carbocycles. The van der Waals surface area contributed by atoms with Crippen LogP contribution in [0.5, 0.6) is 5.75 Å². The summed E-state index contributed by atoms with van der Waals surface area (Å²) < 4.78 is 14.5. The summed E-state index contributed by atoms with van der Waals surface area (Å²) in [6.07, 6.45) is 8.60. The van der Waals surface area contributed by atoms with Crippen molar-refractivity contribution in [3.8, 4) is 5.75 Å². The number of nitrogens with zero attached hydrogens (tertiary/aromatic N) is 2. The molecule has 0 saturated carbocycles. The number of hydrogen-bond donors (Lipinski definition) is 0. The fourth-order valence-corrected chi connectivity index (χ4v) is 6.87. The molecule has 7 heteroatoms. The van der Waals surface area contributed by atoms with E-state index >= 15 is 0 Å². The average Bonchev–Trinajstić information content (AvgIpc) is 2.98. The van der Waals surface area contributed by atoms with E-state index in [0.717, 1.165) is 100 Å². The first-order valence-electron chi connectivity index (χ1n) is 15.0. The number of likely N-dealkylation sites (N-methyl/N-ethyl adjacent to an activating group) is 1. The van der Waals surface area contributed by atoms with Crippen molar-refractivity contribution in [2.75, 3.05) is 37.7 Å². The van der Waals surface area contributed by atoms with Gasteiger partial charge in [0.25, 0.3) is 0 Å². The molecule has 0 spiro atoms. The molecule has 0 saturated heterocycles. The SMILES string of the molecule is CCCCCCOC(=O)c1ccccc1C1=C2C=C(Br)C(N(CC)CC)C=C2Oc2cc(N(CC)CC)c(Br)cc21. The fraction of sp³-hybridized carbons (Fsp3) is 0.441. The molecule has 0 amide bonds. The van der Waals surface area contributed by atoms with E-state index < -0.39 is 0 Å². The Bertz CT molecular complexity index is 1340. The molecule has 1 unspecified atom stereocenters. The summed E-state index contributed by atoms with van der Waals surface area (Å²) in [6.45, 7) is 14.9. The molecule has 2 aliphatic rings. The summed E-state index contributed by atoms with van der Waals surface area (Å²) >= 11 is 7.73. The van der Waals surface area contributed by atoms with Crippen LogP contribution in [0, 0.1) is 0 Å². The maximum absolute atomic E-state index is 13.4. The summed E-state index contributed by atoms with van der Waals surface area (Å²) in [6, 6.07) is 12.1. The molecule has 1 heterocycles. The Labute approximate surface area is 262 Å². The number of anilines is 1. The molecule has 220 valence electrons. The molecule has 0 N–H and O–H groups in total. The first-order chi connectivity index (χ1) is 19.9. The van der Waals surface area contributed by atoms with Gasteiger partial charge in [-0.3, -0.25) is 4.90 Å². The lowest BCUT2D eigenvalue weighted by molar-refractivity contribution is 0.0497. The van der Waals surface area contributed by atoms with Crippen molar-refractivity contribution in [2.45, 2.75) is 66.3 Å². The van der Waals surface area contributed by atoms with E-state index in [9.17, 15) is 4.79 Å². The third-order valence-corrected chi connectivity index (χ3v) is 9.24. The number of ether oxygens (including phenoxy) is 2. The Balaban J connectivity index is 1.88. The van der Waals surface area contributed by atoms with E-state index in [0.29, 0.717) is 12.2 Å². The molecule has 1 aliphatic heterocycles. The molecular formula is C34H42Br2N2O3. The summed E-state index contributed by atoms with van der Waals surface area (Å²) in [5, 5.41) is 0. The smallest absolute Gasteiger partial charge is 0.338 e. The topological polar surface area (TPSA) is 42.0 Å².